The number of aryl methyl sites for hydroxylation is 1. The second-order valence-corrected chi connectivity index (χ2v) is 6.89. The van der Waals surface area contributed by atoms with Crippen molar-refractivity contribution >= 4 is 22.0 Å². The van der Waals surface area contributed by atoms with Crippen molar-refractivity contribution in [1.29, 1.82) is 0 Å². The van der Waals surface area contributed by atoms with E-state index in [2.05, 4.69) is 70.6 Å². The van der Waals surface area contributed by atoms with E-state index >= 15 is 0 Å². The third kappa shape index (κ3) is 2.55. The number of fused-ring (bicyclic) bond motifs is 1. The molecule has 6 heteroatoms. The highest BCUT2D eigenvalue weighted by Gasteiger charge is 2.14. The van der Waals surface area contributed by atoms with Crippen LogP contribution in [0.1, 0.15) is 5.56 Å². The van der Waals surface area contributed by atoms with Gasteiger partial charge in [-0.15, -0.1) is 10.2 Å². The minimum atomic E-state index is 0.768. The van der Waals surface area contributed by atoms with Gasteiger partial charge in [-0.1, -0.05) is 41.2 Å². The molecule has 0 aliphatic heterocycles. The van der Waals surface area contributed by atoms with Crippen LogP contribution in [-0.2, 0) is 0 Å². The van der Waals surface area contributed by atoms with E-state index in [0.717, 1.165) is 32.6 Å². The maximum absolute atomic E-state index is 4.71. The van der Waals surface area contributed by atoms with Crippen LogP contribution in [0.5, 0.6) is 0 Å². The lowest BCUT2D eigenvalue weighted by molar-refractivity contribution is 0.970. The summed E-state index contributed by atoms with van der Waals surface area (Å²) in [5.74, 6) is 0.768. The zero-order valence-electron chi connectivity index (χ0n) is 13.8. The van der Waals surface area contributed by atoms with Gasteiger partial charge in [0.05, 0.1) is 0 Å². The monoisotopic (exact) mass is 335 g/mol. The van der Waals surface area contributed by atoms with Crippen LogP contribution < -0.4 is 4.90 Å². The summed E-state index contributed by atoms with van der Waals surface area (Å²) in [6.07, 6.45) is 0. The number of hydrogen-bond donors (Lipinski definition) is 0. The Balaban J connectivity index is 1.75. The van der Waals surface area contributed by atoms with Gasteiger partial charge in [0.25, 0.3) is 0 Å². The van der Waals surface area contributed by atoms with Gasteiger partial charge < -0.3 is 4.90 Å². The predicted molar refractivity (Wildman–Crippen MR) is 98.6 cm³/mol. The van der Waals surface area contributed by atoms with Crippen molar-refractivity contribution in [3.05, 3.63) is 54.1 Å². The van der Waals surface area contributed by atoms with Crippen molar-refractivity contribution < 1.29 is 0 Å². The van der Waals surface area contributed by atoms with Crippen LogP contribution in [0.3, 0.4) is 0 Å². The summed E-state index contributed by atoms with van der Waals surface area (Å²) >= 11 is 1.55. The molecule has 24 heavy (non-hydrogen) atoms. The summed E-state index contributed by atoms with van der Waals surface area (Å²) in [6.45, 7) is 2.08. The van der Waals surface area contributed by atoms with E-state index in [1.165, 1.54) is 5.56 Å². The molecule has 4 aromatic rings. The van der Waals surface area contributed by atoms with E-state index in [4.69, 9.17) is 5.10 Å². The van der Waals surface area contributed by atoms with Gasteiger partial charge in [0.1, 0.15) is 5.01 Å². The zero-order chi connectivity index (χ0) is 16.7. The first-order chi connectivity index (χ1) is 11.6. The number of benzene rings is 2. The van der Waals surface area contributed by atoms with Crippen molar-refractivity contribution in [3.63, 3.8) is 0 Å². The van der Waals surface area contributed by atoms with Gasteiger partial charge in [-0.3, -0.25) is 0 Å². The highest BCUT2D eigenvalue weighted by molar-refractivity contribution is 7.19. The van der Waals surface area contributed by atoms with Gasteiger partial charge in [0, 0.05) is 30.9 Å². The van der Waals surface area contributed by atoms with Gasteiger partial charge >= 0.3 is 0 Å². The first-order valence-electron chi connectivity index (χ1n) is 7.69. The Morgan fingerprint density at radius 2 is 1.54 bits per heavy atom. The quantitative estimate of drug-likeness (QED) is 0.570. The molecule has 2 aromatic carbocycles. The Hall–Kier alpha value is -2.73. The third-order valence-corrected chi connectivity index (χ3v) is 4.88. The largest absolute Gasteiger partial charge is 0.378 e. The summed E-state index contributed by atoms with van der Waals surface area (Å²) in [4.78, 5) is 2.87. The average Bonchev–Trinajstić information content (AvgIpc) is 3.16. The number of rotatable bonds is 3. The molecule has 0 N–H and O–H groups in total. The number of nitrogens with zero attached hydrogens (tertiary/aromatic N) is 5. The average molecular weight is 335 g/mol. The van der Waals surface area contributed by atoms with Crippen LogP contribution >= 0.6 is 11.3 Å². The fraction of sp³-hybridized carbons (Fsp3) is 0.167. The van der Waals surface area contributed by atoms with Crippen LogP contribution in [0.25, 0.3) is 26.9 Å². The van der Waals surface area contributed by atoms with Crippen LogP contribution in [-0.4, -0.2) is 33.9 Å². The van der Waals surface area contributed by atoms with E-state index in [1.54, 1.807) is 11.3 Å². The van der Waals surface area contributed by atoms with E-state index in [1.807, 2.05) is 18.6 Å². The van der Waals surface area contributed by atoms with Crippen LogP contribution in [0, 0.1) is 6.92 Å². The Morgan fingerprint density at radius 3 is 2.21 bits per heavy atom. The van der Waals surface area contributed by atoms with Crippen LogP contribution in [0.4, 0.5) is 5.69 Å². The maximum atomic E-state index is 4.71. The molecular weight excluding hydrogens is 318 g/mol. The van der Waals surface area contributed by atoms with Crippen LogP contribution in [0.15, 0.2) is 48.5 Å². The van der Waals surface area contributed by atoms with Crippen molar-refractivity contribution in [3.8, 4) is 22.0 Å². The van der Waals surface area contributed by atoms with Crippen molar-refractivity contribution in [2.75, 3.05) is 19.0 Å². The minimum absolute atomic E-state index is 0.768. The maximum Gasteiger partial charge on any atom is 0.235 e. The second-order valence-electron chi connectivity index (χ2n) is 5.93. The smallest absolute Gasteiger partial charge is 0.235 e. The molecule has 0 spiro atoms. The number of anilines is 1. The molecule has 0 aliphatic carbocycles. The fourth-order valence-electron chi connectivity index (χ4n) is 2.52. The first kappa shape index (κ1) is 14.8. The van der Waals surface area contributed by atoms with Gasteiger partial charge in [0.15, 0.2) is 5.82 Å². The van der Waals surface area contributed by atoms with E-state index in [-0.39, 0.29) is 0 Å². The molecule has 120 valence electrons. The summed E-state index contributed by atoms with van der Waals surface area (Å²) in [6, 6.07) is 16.6. The Morgan fingerprint density at radius 1 is 0.875 bits per heavy atom. The fourth-order valence-corrected chi connectivity index (χ4v) is 3.36. The lowest BCUT2D eigenvalue weighted by atomic mass is 10.2. The summed E-state index contributed by atoms with van der Waals surface area (Å²) in [7, 11) is 4.05. The molecule has 0 saturated heterocycles. The summed E-state index contributed by atoms with van der Waals surface area (Å²) in [5.41, 5.74) is 4.50. The predicted octanol–water partition coefficient (Wildman–Crippen LogP) is 3.89. The van der Waals surface area contributed by atoms with E-state index in [0.29, 0.717) is 0 Å². The molecule has 0 amide bonds. The summed E-state index contributed by atoms with van der Waals surface area (Å²) < 4.78 is 1.82. The lowest BCUT2D eigenvalue weighted by Gasteiger charge is -2.11. The molecular formula is C18H17N5S. The third-order valence-electron chi connectivity index (χ3n) is 3.93. The number of hydrogen-bond acceptors (Lipinski definition) is 5. The molecule has 0 fully saturated rings. The Labute approximate surface area is 144 Å². The molecule has 0 unspecified atom stereocenters. The number of aromatic nitrogens is 4. The van der Waals surface area contributed by atoms with Crippen molar-refractivity contribution in [2.24, 2.45) is 0 Å². The first-order valence-corrected chi connectivity index (χ1v) is 8.50. The molecule has 0 radical (unpaired) electrons. The van der Waals surface area contributed by atoms with Gasteiger partial charge in [-0.25, -0.2) is 0 Å². The normalized spacial score (nSPS) is 11.1. The van der Waals surface area contributed by atoms with Gasteiger partial charge in [-0.05, 0) is 31.2 Å². The highest BCUT2D eigenvalue weighted by Crippen LogP contribution is 2.28. The highest BCUT2D eigenvalue weighted by atomic mass is 32.1. The van der Waals surface area contributed by atoms with E-state index in [9.17, 15) is 0 Å². The topological polar surface area (TPSA) is 46.3 Å². The molecule has 0 atom stereocenters. The molecule has 2 heterocycles. The minimum Gasteiger partial charge on any atom is -0.378 e. The molecule has 4 rings (SSSR count). The standard InChI is InChI=1S/C18H17N5S/c1-12-4-6-14(7-5-12)17-21-23-16(19-20-18(23)24-17)13-8-10-15(11-9-13)22(2)3/h4-11H,1-3H3. The molecule has 0 aliphatic rings. The Bertz CT molecular complexity index is 981. The van der Waals surface area contributed by atoms with Crippen molar-refractivity contribution in [2.45, 2.75) is 6.92 Å². The molecule has 0 saturated carbocycles. The lowest BCUT2D eigenvalue weighted by Crippen LogP contribution is -2.08. The molecule has 2 aromatic heterocycles. The SMILES string of the molecule is Cc1ccc(-c2nn3c(-c4ccc(N(C)C)cc4)nnc3s2)cc1. The van der Waals surface area contributed by atoms with Crippen molar-refractivity contribution in [1.82, 2.24) is 19.8 Å². The molecule has 0 bridgehead atoms. The van der Waals surface area contributed by atoms with Gasteiger partial charge in [0.2, 0.25) is 4.96 Å². The second kappa shape index (κ2) is 5.72. The zero-order valence-corrected chi connectivity index (χ0v) is 14.6. The summed E-state index contributed by atoms with van der Waals surface area (Å²) in [5, 5.41) is 14.2. The Kier molecular flexibility index (Phi) is 3.54. The van der Waals surface area contributed by atoms with E-state index < -0.39 is 0 Å². The van der Waals surface area contributed by atoms with Gasteiger partial charge in [-0.2, -0.15) is 9.61 Å². The molecule has 5 nitrogen and oxygen atoms in total. The van der Waals surface area contributed by atoms with Crippen LogP contribution in [0.2, 0.25) is 0 Å².